The molecule has 0 bridgehead atoms. The number of furan rings is 1. The molecule has 1 aliphatic heterocycles. The van der Waals surface area contributed by atoms with Gasteiger partial charge >= 0.3 is 0 Å². The second-order valence-corrected chi connectivity index (χ2v) is 4.91. The molecule has 1 atom stereocenters. The zero-order valence-corrected chi connectivity index (χ0v) is 10.9. The Labute approximate surface area is 112 Å². The summed E-state index contributed by atoms with van der Waals surface area (Å²) in [4.78, 5) is 11.3. The van der Waals surface area contributed by atoms with Crippen LogP contribution in [0.1, 0.15) is 22.8 Å². The molecule has 5 heteroatoms. The fraction of sp³-hybridized carbons (Fsp3) is 0.154. The number of carbonyl (C=O) groups excluding carboxylic acids is 1. The minimum Gasteiger partial charge on any atom is -0.457 e. The van der Waals surface area contributed by atoms with Crippen molar-refractivity contribution >= 4 is 27.5 Å². The van der Waals surface area contributed by atoms with Crippen LogP contribution in [0, 0.1) is 0 Å². The van der Waals surface area contributed by atoms with Crippen LogP contribution < -0.4 is 5.32 Å². The predicted molar refractivity (Wildman–Crippen MR) is 69.2 cm³/mol. The van der Waals surface area contributed by atoms with E-state index in [1.807, 2.05) is 12.1 Å². The van der Waals surface area contributed by atoms with Gasteiger partial charge < -0.3 is 14.8 Å². The summed E-state index contributed by atoms with van der Waals surface area (Å²) in [6.45, 7) is 0. The van der Waals surface area contributed by atoms with Gasteiger partial charge in [0.1, 0.15) is 6.10 Å². The summed E-state index contributed by atoms with van der Waals surface area (Å²) in [6.07, 6.45) is 1.11. The molecule has 3 rings (SSSR count). The van der Waals surface area contributed by atoms with Gasteiger partial charge in [0, 0.05) is 11.3 Å². The van der Waals surface area contributed by atoms with Gasteiger partial charge in [-0.25, -0.2) is 0 Å². The fourth-order valence-electron chi connectivity index (χ4n) is 2.10. The van der Waals surface area contributed by atoms with Crippen LogP contribution in [0.3, 0.4) is 0 Å². The van der Waals surface area contributed by atoms with E-state index in [1.165, 1.54) is 6.26 Å². The Bertz CT molecular complexity index is 620. The maximum absolute atomic E-state index is 11.3. The van der Waals surface area contributed by atoms with Crippen molar-refractivity contribution in [3.8, 4) is 0 Å². The molecule has 2 heterocycles. The van der Waals surface area contributed by atoms with Gasteiger partial charge in [-0.1, -0.05) is 12.1 Å². The monoisotopic (exact) mass is 307 g/mol. The number of nitrogens with one attached hydrogen (secondary N) is 1. The lowest BCUT2D eigenvalue weighted by atomic mass is 10.0. The van der Waals surface area contributed by atoms with Crippen molar-refractivity contribution in [2.75, 3.05) is 5.32 Å². The highest BCUT2D eigenvalue weighted by atomic mass is 79.9. The highest BCUT2D eigenvalue weighted by Gasteiger charge is 2.21. The fourth-order valence-corrected chi connectivity index (χ4v) is 2.56. The molecule has 1 amide bonds. The van der Waals surface area contributed by atoms with E-state index in [0.717, 1.165) is 16.8 Å². The molecule has 2 N–H and O–H groups in total. The van der Waals surface area contributed by atoms with E-state index >= 15 is 0 Å². The van der Waals surface area contributed by atoms with Gasteiger partial charge in [-0.15, -0.1) is 0 Å². The molecule has 92 valence electrons. The van der Waals surface area contributed by atoms with Gasteiger partial charge in [0.25, 0.3) is 0 Å². The largest absolute Gasteiger partial charge is 0.457 e. The van der Waals surface area contributed by atoms with E-state index in [9.17, 15) is 9.90 Å². The summed E-state index contributed by atoms with van der Waals surface area (Å²) in [5.41, 5.74) is 3.15. The molecule has 1 aliphatic rings. The zero-order chi connectivity index (χ0) is 12.7. The lowest BCUT2D eigenvalue weighted by molar-refractivity contribution is -0.115. The molecule has 4 nitrogen and oxygen atoms in total. The Morgan fingerprint density at radius 2 is 2.22 bits per heavy atom. The van der Waals surface area contributed by atoms with Gasteiger partial charge in [0.05, 0.1) is 12.7 Å². The molecule has 0 spiro atoms. The molecule has 18 heavy (non-hydrogen) atoms. The molecule has 0 fully saturated rings. The zero-order valence-electron chi connectivity index (χ0n) is 9.31. The summed E-state index contributed by atoms with van der Waals surface area (Å²) in [6, 6.07) is 7.17. The number of hydrogen-bond donors (Lipinski definition) is 2. The summed E-state index contributed by atoms with van der Waals surface area (Å²) in [7, 11) is 0. The van der Waals surface area contributed by atoms with Gasteiger partial charge in [-0.2, -0.15) is 0 Å². The van der Waals surface area contributed by atoms with E-state index in [1.54, 1.807) is 12.1 Å². The lowest BCUT2D eigenvalue weighted by Crippen LogP contribution is -2.03. The molecule has 0 saturated heterocycles. The number of halogens is 1. The van der Waals surface area contributed by atoms with E-state index < -0.39 is 6.10 Å². The van der Waals surface area contributed by atoms with Crippen molar-refractivity contribution in [3.63, 3.8) is 0 Å². The first-order valence-corrected chi connectivity index (χ1v) is 6.28. The first-order chi connectivity index (χ1) is 8.65. The average molecular weight is 308 g/mol. The van der Waals surface area contributed by atoms with Crippen LogP contribution in [0.25, 0.3) is 0 Å². The Hall–Kier alpha value is -1.59. The van der Waals surface area contributed by atoms with Gasteiger partial charge in [0.15, 0.2) is 4.67 Å². The van der Waals surface area contributed by atoms with Crippen molar-refractivity contribution in [1.29, 1.82) is 0 Å². The number of anilines is 1. The van der Waals surface area contributed by atoms with Crippen molar-refractivity contribution in [2.24, 2.45) is 0 Å². The number of aliphatic hydroxyl groups excluding tert-OH is 1. The Balaban J connectivity index is 1.97. The first kappa shape index (κ1) is 11.5. The molecule has 0 radical (unpaired) electrons. The Morgan fingerprint density at radius 3 is 2.94 bits per heavy atom. The summed E-state index contributed by atoms with van der Waals surface area (Å²) >= 11 is 3.24. The number of benzene rings is 1. The van der Waals surface area contributed by atoms with Crippen LogP contribution in [0.4, 0.5) is 5.69 Å². The topological polar surface area (TPSA) is 62.5 Å². The Kier molecular flexibility index (Phi) is 2.72. The van der Waals surface area contributed by atoms with E-state index in [2.05, 4.69) is 21.2 Å². The third-order valence-corrected chi connectivity index (χ3v) is 3.66. The SMILES string of the molecule is O=C1Cc2cc(C(O)c3ccoc3Br)ccc2N1. The molecule has 0 aliphatic carbocycles. The normalized spacial score (nSPS) is 15.3. The van der Waals surface area contributed by atoms with Crippen LogP contribution >= 0.6 is 15.9 Å². The molecule has 0 saturated carbocycles. The number of fused-ring (bicyclic) bond motifs is 1. The first-order valence-electron chi connectivity index (χ1n) is 5.49. The maximum atomic E-state index is 11.3. The lowest BCUT2D eigenvalue weighted by Gasteiger charge is -2.11. The van der Waals surface area contributed by atoms with Gasteiger partial charge in [-0.05, 0) is 39.2 Å². The molecule has 1 aromatic carbocycles. The highest BCUT2D eigenvalue weighted by molar-refractivity contribution is 9.10. The highest BCUT2D eigenvalue weighted by Crippen LogP contribution is 2.32. The summed E-state index contributed by atoms with van der Waals surface area (Å²) in [5, 5.41) is 13.0. The van der Waals surface area contributed by atoms with Crippen LogP contribution in [0.5, 0.6) is 0 Å². The molecule has 2 aromatic rings. The quantitative estimate of drug-likeness (QED) is 0.896. The molecule has 1 aromatic heterocycles. The molecular formula is C13H10BrNO3. The van der Waals surface area contributed by atoms with Gasteiger partial charge in [-0.3, -0.25) is 4.79 Å². The van der Waals surface area contributed by atoms with Crippen molar-refractivity contribution in [2.45, 2.75) is 12.5 Å². The summed E-state index contributed by atoms with van der Waals surface area (Å²) in [5.74, 6) is -0.0128. The Morgan fingerprint density at radius 1 is 1.39 bits per heavy atom. The van der Waals surface area contributed by atoms with Crippen molar-refractivity contribution < 1.29 is 14.3 Å². The van der Waals surface area contributed by atoms with E-state index in [0.29, 0.717) is 16.7 Å². The number of rotatable bonds is 2. The summed E-state index contributed by atoms with van der Waals surface area (Å²) < 4.78 is 5.63. The standard InChI is InChI=1S/C13H10BrNO3/c14-13-9(3-4-18-13)12(17)7-1-2-10-8(5-7)6-11(16)15-10/h1-5,12,17H,6H2,(H,15,16). The predicted octanol–water partition coefficient (Wildman–Crippen LogP) is 2.62. The maximum Gasteiger partial charge on any atom is 0.228 e. The number of amides is 1. The third kappa shape index (κ3) is 1.85. The second kappa shape index (κ2) is 4.26. The second-order valence-electron chi connectivity index (χ2n) is 4.19. The minimum absolute atomic E-state index is 0.0128. The van der Waals surface area contributed by atoms with Crippen LogP contribution in [-0.2, 0) is 11.2 Å². The van der Waals surface area contributed by atoms with Crippen LogP contribution in [0.15, 0.2) is 39.6 Å². The molecular weight excluding hydrogens is 298 g/mol. The van der Waals surface area contributed by atoms with E-state index in [4.69, 9.17) is 4.42 Å². The number of aliphatic hydroxyl groups is 1. The third-order valence-electron chi connectivity index (χ3n) is 3.01. The average Bonchev–Trinajstić information content (AvgIpc) is 2.91. The smallest absolute Gasteiger partial charge is 0.228 e. The van der Waals surface area contributed by atoms with E-state index in [-0.39, 0.29) is 5.91 Å². The molecule has 1 unspecified atom stereocenters. The van der Waals surface area contributed by atoms with Crippen LogP contribution in [0.2, 0.25) is 0 Å². The number of carbonyl (C=O) groups is 1. The van der Waals surface area contributed by atoms with Crippen molar-refractivity contribution in [3.05, 3.63) is 51.9 Å². The number of hydrogen-bond acceptors (Lipinski definition) is 3. The van der Waals surface area contributed by atoms with Crippen molar-refractivity contribution in [1.82, 2.24) is 0 Å². The van der Waals surface area contributed by atoms with Gasteiger partial charge in [0.2, 0.25) is 5.91 Å². The minimum atomic E-state index is -0.765. The van der Waals surface area contributed by atoms with Crippen LogP contribution in [-0.4, -0.2) is 11.0 Å².